The maximum Gasteiger partial charge on any atom is 0.303 e. The van der Waals surface area contributed by atoms with Crippen LogP contribution in [0, 0.1) is 17.7 Å². The third-order valence-corrected chi connectivity index (χ3v) is 10.9. The Balaban J connectivity index is 1.24. The molecule has 2 aliphatic heterocycles. The zero-order valence-electron chi connectivity index (χ0n) is 33.9. The van der Waals surface area contributed by atoms with E-state index in [-0.39, 0.29) is 48.8 Å². The molecule has 0 spiro atoms. The molecule has 0 aromatic heterocycles. The van der Waals surface area contributed by atoms with E-state index in [9.17, 15) is 18.8 Å². The Morgan fingerprint density at radius 3 is 2.07 bits per heavy atom. The van der Waals surface area contributed by atoms with Crippen molar-refractivity contribution in [3.8, 4) is 0 Å². The van der Waals surface area contributed by atoms with Crippen LogP contribution in [0.5, 0.6) is 0 Å². The molecule has 57 heavy (non-hydrogen) atoms. The fourth-order valence-corrected chi connectivity index (χ4v) is 7.88. The van der Waals surface area contributed by atoms with Gasteiger partial charge in [-0.1, -0.05) is 60.7 Å². The van der Waals surface area contributed by atoms with Crippen molar-refractivity contribution in [2.45, 2.75) is 97.6 Å². The van der Waals surface area contributed by atoms with Crippen LogP contribution in [0.15, 0.2) is 84.4 Å². The van der Waals surface area contributed by atoms with Gasteiger partial charge in [0.15, 0.2) is 17.7 Å². The molecule has 0 radical (unpaired) electrons. The second kappa shape index (κ2) is 17.9. The van der Waals surface area contributed by atoms with Gasteiger partial charge in [0.25, 0.3) is 0 Å². The quantitative estimate of drug-likeness (QED) is 0.0800. The van der Waals surface area contributed by atoms with E-state index in [0.717, 1.165) is 33.5 Å². The maximum absolute atomic E-state index is 14.1. The summed E-state index contributed by atoms with van der Waals surface area (Å²) in [6.07, 6.45) is 4.60. The van der Waals surface area contributed by atoms with Gasteiger partial charge in [0.05, 0.1) is 25.2 Å². The maximum atomic E-state index is 14.1. The Morgan fingerprint density at radius 1 is 0.895 bits per heavy atom. The van der Waals surface area contributed by atoms with Crippen molar-refractivity contribution < 1.29 is 47.2 Å². The first kappa shape index (κ1) is 41.9. The van der Waals surface area contributed by atoms with Gasteiger partial charge in [-0.3, -0.25) is 14.4 Å². The number of amides is 1. The first-order valence-electron chi connectivity index (χ1n) is 19.8. The van der Waals surface area contributed by atoms with Crippen LogP contribution in [-0.2, 0) is 42.8 Å². The lowest BCUT2D eigenvalue weighted by molar-refractivity contribution is -0.311. The first-order valence-corrected chi connectivity index (χ1v) is 19.8. The van der Waals surface area contributed by atoms with Crippen molar-refractivity contribution in [3.63, 3.8) is 0 Å². The minimum absolute atomic E-state index is 0.0302. The second-order valence-electron chi connectivity index (χ2n) is 15.5. The SMILES string of the molecule is CCOC(OCC)/C(C)=C/c1ccc(N2C(=O)[C@H](CC[C@H](OC(C)=O)c3ccc(F)cc3)[C@H]2c2ccc(C3=CC(C4(OC(C)=O)COC(C)(C)OC4)C3)cc2)cc1. The summed E-state index contributed by atoms with van der Waals surface area (Å²) < 4.78 is 48.6. The van der Waals surface area contributed by atoms with Crippen LogP contribution in [0.3, 0.4) is 0 Å². The number of esters is 2. The van der Waals surface area contributed by atoms with Crippen LogP contribution in [0.1, 0.15) is 102 Å². The number of hydrogen-bond donors (Lipinski definition) is 0. The van der Waals surface area contributed by atoms with Crippen molar-refractivity contribution in [1.82, 2.24) is 0 Å². The van der Waals surface area contributed by atoms with Gasteiger partial charge >= 0.3 is 11.9 Å². The highest BCUT2D eigenvalue weighted by atomic mass is 19.1. The summed E-state index contributed by atoms with van der Waals surface area (Å²) in [7, 11) is 0. The van der Waals surface area contributed by atoms with Crippen LogP contribution in [0.25, 0.3) is 11.6 Å². The van der Waals surface area contributed by atoms with E-state index in [1.807, 2.05) is 69.9 Å². The van der Waals surface area contributed by atoms with Gasteiger partial charge < -0.3 is 33.3 Å². The molecule has 4 atom stereocenters. The summed E-state index contributed by atoms with van der Waals surface area (Å²) in [5.74, 6) is -2.44. The highest BCUT2D eigenvalue weighted by Gasteiger charge is 2.51. The summed E-state index contributed by atoms with van der Waals surface area (Å²) in [5, 5.41) is 0. The Bertz CT molecular complexity index is 1940. The molecular weight excluding hydrogens is 730 g/mol. The lowest BCUT2D eigenvalue weighted by Crippen LogP contribution is -2.58. The van der Waals surface area contributed by atoms with Gasteiger partial charge in [-0.2, -0.15) is 0 Å². The lowest BCUT2D eigenvalue weighted by Gasteiger charge is -2.48. The molecule has 2 fully saturated rings. The summed E-state index contributed by atoms with van der Waals surface area (Å²) >= 11 is 0. The number of carbonyl (C=O) groups is 3. The molecule has 3 aromatic rings. The largest absolute Gasteiger partial charge is 0.458 e. The molecule has 3 aromatic carbocycles. The van der Waals surface area contributed by atoms with Crippen molar-refractivity contribution in [3.05, 3.63) is 113 Å². The lowest BCUT2D eigenvalue weighted by atomic mass is 9.72. The molecule has 2 heterocycles. The summed E-state index contributed by atoms with van der Waals surface area (Å²) in [6, 6.07) is 21.7. The molecule has 6 rings (SSSR count). The first-order chi connectivity index (χ1) is 27.2. The average molecular weight is 784 g/mol. The average Bonchev–Trinajstić information content (AvgIpc) is 3.15. The molecule has 0 N–H and O–H groups in total. The Kier molecular flexibility index (Phi) is 13.1. The second-order valence-corrected chi connectivity index (χ2v) is 15.5. The normalized spacial score (nSPS) is 21.9. The molecule has 0 bridgehead atoms. The van der Waals surface area contributed by atoms with Gasteiger partial charge in [0.1, 0.15) is 11.9 Å². The minimum Gasteiger partial charge on any atom is -0.458 e. The molecule has 0 saturated carbocycles. The Labute approximate surface area is 334 Å². The molecule has 3 aliphatic rings. The number of β-lactam (4-membered cyclic amide) rings is 1. The number of rotatable bonds is 16. The van der Waals surface area contributed by atoms with Crippen molar-refractivity contribution in [2.24, 2.45) is 11.8 Å². The van der Waals surface area contributed by atoms with E-state index < -0.39 is 29.8 Å². The Morgan fingerprint density at radius 2 is 1.51 bits per heavy atom. The number of ether oxygens (including phenoxy) is 6. The molecule has 10 nitrogen and oxygen atoms in total. The number of anilines is 1. The third-order valence-electron chi connectivity index (χ3n) is 10.9. The van der Waals surface area contributed by atoms with E-state index in [4.69, 9.17) is 28.4 Å². The molecule has 2 saturated heterocycles. The summed E-state index contributed by atoms with van der Waals surface area (Å²) in [5.41, 5.74) is 5.56. The van der Waals surface area contributed by atoms with Gasteiger partial charge in [0, 0.05) is 38.7 Å². The van der Waals surface area contributed by atoms with Crippen LogP contribution in [0.4, 0.5) is 10.1 Å². The number of allylic oxidation sites excluding steroid dienone is 1. The van der Waals surface area contributed by atoms with Crippen LogP contribution in [0.2, 0.25) is 0 Å². The van der Waals surface area contributed by atoms with Gasteiger partial charge in [-0.15, -0.1) is 0 Å². The van der Waals surface area contributed by atoms with E-state index >= 15 is 0 Å². The molecule has 1 unspecified atom stereocenters. The predicted molar refractivity (Wildman–Crippen MR) is 214 cm³/mol. The highest BCUT2D eigenvalue weighted by molar-refractivity contribution is 6.03. The van der Waals surface area contributed by atoms with Gasteiger partial charge in [-0.05, 0) is 112 Å². The minimum atomic E-state index is -0.888. The highest BCUT2D eigenvalue weighted by Crippen LogP contribution is 2.48. The molecule has 304 valence electrons. The van der Waals surface area contributed by atoms with Crippen molar-refractivity contribution in [1.29, 1.82) is 0 Å². The third kappa shape index (κ3) is 9.72. The molecule has 11 heteroatoms. The number of nitrogens with zero attached hydrogens (tertiary/aromatic N) is 1. The van der Waals surface area contributed by atoms with E-state index in [1.54, 1.807) is 12.1 Å². The number of hydrogen-bond acceptors (Lipinski definition) is 9. The summed E-state index contributed by atoms with van der Waals surface area (Å²) in [6.45, 7) is 13.8. The van der Waals surface area contributed by atoms with Crippen LogP contribution >= 0.6 is 0 Å². The van der Waals surface area contributed by atoms with Crippen molar-refractivity contribution in [2.75, 3.05) is 31.3 Å². The van der Waals surface area contributed by atoms with E-state index in [2.05, 4.69) is 30.3 Å². The summed E-state index contributed by atoms with van der Waals surface area (Å²) in [4.78, 5) is 40.1. The van der Waals surface area contributed by atoms with Gasteiger partial charge in [0.2, 0.25) is 5.91 Å². The van der Waals surface area contributed by atoms with Crippen LogP contribution < -0.4 is 4.90 Å². The predicted octanol–water partition coefficient (Wildman–Crippen LogP) is 8.90. The van der Waals surface area contributed by atoms with Crippen molar-refractivity contribution >= 4 is 35.2 Å². The topological polar surface area (TPSA) is 110 Å². The fraction of sp³-hybridized carbons (Fsp3) is 0.457. The molecular formula is C46H54FNO9. The zero-order chi connectivity index (χ0) is 40.9. The standard InChI is InChI=1S/C46H54FNO9/c1-8-52-44(53-9-2)29(3)24-32-10-20-39(21-11-32)48-42(40(43(48)51)22-23-41(56-30(4)49)34-16-18-38(47)19-17-34)35-14-12-33(13-15-35)36-25-37(26-36)46(57-31(5)50)27-54-45(6,7)55-28-46/h10-21,24-25,37,40-42,44H,8-9,22-23,26-28H2,1-7H3/b29-24+/t37?,40-,41+,42-/m1/s1. The Hall–Kier alpha value is -4.68. The van der Waals surface area contributed by atoms with E-state index in [0.29, 0.717) is 38.0 Å². The molecule has 1 amide bonds. The van der Waals surface area contributed by atoms with E-state index in [1.165, 1.54) is 26.0 Å². The van der Waals surface area contributed by atoms with Crippen LogP contribution in [-0.4, -0.2) is 62.0 Å². The number of halogens is 1. The zero-order valence-corrected chi connectivity index (χ0v) is 33.9. The number of carbonyl (C=O) groups excluding carboxylic acids is 3. The number of benzene rings is 3. The fourth-order valence-electron chi connectivity index (χ4n) is 7.88. The molecule has 1 aliphatic carbocycles. The smallest absolute Gasteiger partial charge is 0.303 e. The van der Waals surface area contributed by atoms with Gasteiger partial charge in [-0.25, -0.2) is 4.39 Å². The monoisotopic (exact) mass is 783 g/mol.